The molecular weight excluding hydrogens is 340 g/mol. The molecule has 0 aromatic heterocycles. The Morgan fingerprint density at radius 3 is 2.43 bits per heavy atom. The van der Waals surface area contributed by atoms with Crippen molar-refractivity contribution in [3.63, 3.8) is 0 Å². The molecule has 0 amide bonds. The van der Waals surface area contributed by atoms with Crippen LogP contribution in [0.5, 0.6) is 5.75 Å². The quantitative estimate of drug-likeness (QED) is 0.861. The Morgan fingerprint density at radius 1 is 1.30 bits per heavy atom. The van der Waals surface area contributed by atoms with E-state index < -0.39 is 5.82 Å². The fraction of sp³-hybridized carbons (Fsp3) is 0.562. The second-order valence-electron chi connectivity index (χ2n) is 5.90. The van der Waals surface area contributed by atoms with Crippen LogP contribution in [0.4, 0.5) is 4.39 Å². The molecule has 0 aliphatic carbocycles. The molecule has 0 bridgehead atoms. The third-order valence-corrected chi connectivity index (χ3v) is 3.92. The molecule has 0 spiro atoms. The Kier molecular flexibility index (Phi) is 9.48. The van der Waals surface area contributed by atoms with Crippen molar-refractivity contribution in [1.82, 2.24) is 10.2 Å². The van der Waals surface area contributed by atoms with Gasteiger partial charge in [0.05, 0.1) is 0 Å². The van der Waals surface area contributed by atoms with E-state index >= 15 is 0 Å². The lowest BCUT2D eigenvalue weighted by Gasteiger charge is -2.36. The van der Waals surface area contributed by atoms with Gasteiger partial charge >= 0.3 is 0 Å². The van der Waals surface area contributed by atoms with Crippen molar-refractivity contribution in [3.05, 3.63) is 29.1 Å². The minimum atomic E-state index is -0.664. The van der Waals surface area contributed by atoms with Crippen LogP contribution >= 0.6 is 24.8 Å². The number of rotatable bonds is 4. The van der Waals surface area contributed by atoms with Gasteiger partial charge < -0.3 is 10.4 Å². The lowest BCUT2D eigenvalue weighted by molar-refractivity contribution is 0.151. The molecule has 0 unspecified atom stereocenters. The standard InChI is InChI=1S/C16H22FN3O.2ClH/c1-11(2)9-15(20-7-5-19-6-8-20)12-3-4-14(17)13(10-18)16(12)21;;/h3-4,11,15,19,21H,5-9H2,1-2H3;2*1H/t15-;;/m0../s1. The van der Waals surface area contributed by atoms with Crippen LogP contribution in [-0.4, -0.2) is 36.2 Å². The van der Waals surface area contributed by atoms with Crippen LogP contribution in [0.25, 0.3) is 0 Å². The summed E-state index contributed by atoms with van der Waals surface area (Å²) in [6.45, 7) is 7.83. The van der Waals surface area contributed by atoms with Crippen LogP contribution in [0.15, 0.2) is 12.1 Å². The van der Waals surface area contributed by atoms with Crippen LogP contribution in [-0.2, 0) is 0 Å². The zero-order chi connectivity index (χ0) is 15.4. The number of hydrogen-bond acceptors (Lipinski definition) is 4. The molecule has 1 fully saturated rings. The number of phenolic OH excluding ortho intramolecular Hbond substituents is 1. The molecule has 2 N–H and O–H groups in total. The highest BCUT2D eigenvalue weighted by Gasteiger charge is 2.27. The number of hydrogen-bond donors (Lipinski definition) is 2. The van der Waals surface area contributed by atoms with Gasteiger partial charge in [-0.25, -0.2) is 4.39 Å². The van der Waals surface area contributed by atoms with Gasteiger partial charge in [-0.15, -0.1) is 24.8 Å². The van der Waals surface area contributed by atoms with Gasteiger partial charge in [0.15, 0.2) is 0 Å². The molecule has 130 valence electrons. The van der Waals surface area contributed by atoms with Crippen LogP contribution < -0.4 is 5.32 Å². The van der Waals surface area contributed by atoms with E-state index in [1.165, 1.54) is 6.07 Å². The Morgan fingerprint density at radius 2 is 1.91 bits per heavy atom. The summed E-state index contributed by atoms with van der Waals surface area (Å²) in [7, 11) is 0. The second-order valence-corrected chi connectivity index (χ2v) is 5.90. The molecule has 7 heteroatoms. The van der Waals surface area contributed by atoms with Crippen molar-refractivity contribution in [1.29, 1.82) is 5.26 Å². The number of piperazine rings is 1. The lowest BCUT2D eigenvalue weighted by Crippen LogP contribution is -2.45. The molecule has 1 heterocycles. The van der Waals surface area contributed by atoms with Gasteiger partial charge in [-0.2, -0.15) is 5.26 Å². The number of phenols is 1. The molecule has 23 heavy (non-hydrogen) atoms. The largest absolute Gasteiger partial charge is 0.506 e. The van der Waals surface area contributed by atoms with Gasteiger partial charge in [-0.05, 0) is 18.4 Å². The first-order chi connectivity index (χ1) is 10.0. The van der Waals surface area contributed by atoms with E-state index in [2.05, 4.69) is 24.1 Å². The van der Waals surface area contributed by atoms with Crippen molar-refractivity contribution in [2.45, 2.75) is 26.3 Å². The second kappa shape index (κ2) is 9.94. The molecule has 1 atom stereocenters. The predicted octanol–water partition coefficient (Wildman–Crippen LogP) is 3.24. The van der Waals surface area contributed by atoms with Crippen molar-refractivity contribution in [3.8, 4) is 11.8 Å². The highest BCUT2D eigenvalue weighted by molar-refractivity contribution is 5.85. The molecule has 0 radical (unpaired) electrons. The maximum atomic E-state index is 13.6. The highest BCUT2D eigenvalue weighted by Crippen LogP contribution is 2.36. The normalized spacial score (nSPS) is 16.1. The van der Waals surface area contributed by atoms with Gasteiger partial charge in [0, 0.05) is 37.8 Å². The van der Waals surface area contributed by atoms with E-state index in [1.807, 2.05) is 0 Å². The minimum absolute atomic E-state index is 0. The van der Waals surface area contributed by atoms with Gasteiger partial charge in [-0.3, -0.25) is 4.90 Å². The first-order valence-electron chi connectivity index (χ1n) is 7.40. The molecule has 0 saturated carbocycles. The van der Waals surface area contributed by atoms with Crippen LogP contribution in [0.3, 0.4) is 0 Å². The first-order valence-corrected chi connectivity index (χ1v) is 7.40. The SMILES string of the molecule is CC(C)C[C@@H](c1ccc(F)c(C#N)c1O)N1CCNCC1.Cl.Cl. The Hall–Kier alpha value is -1.06. The summed E-state index contributed by atoms with van der Waals surface area (Å²) in [5, 5.41) is 22.6. The van der Waals surface area contributed by atoms with Gasteiger partial charge in [0.1, 0.15) is 23.2 Å². The van der Waals surface area contributed by atoms with Crippen LogP contribution in [0.2, 0.25) is 0 Å². The summed E-state index contributed by atoms with van der Waals surface area (Å²) in [4.78, 5) is 2.30. The summed E-state index contributed by atoms with van der Waals surface area (Å²) in [5.74, 6) is -0.427. The minimum Gasteiger partial charge on any atom is -0.506 e. The molecule has 4 nitrogen and oxygen atoms in total. The van der Waals surface area contributed by atoms with E-state index in [9.17, 15) is 9.50 Å². The summed E-state index contributed by atoms with van der Waals surface area (Å²) in [6, 6.07) is 4.67. The third kappa shape index (κ3) is 5.22. The zero-order valence-electron chi connectivity index (χ0n) is 13.4. The number of halogens is 3. The molecule has 1 aliphatic rings. The Balaban J connectivity index is 0.00000242. The lowest BCUT2D eigenvalue weighted by atomic mass is 9.93. The predicted molar refractivity (Wildman–Crippen MR) is 93.9 cm³/mol. The van der Waals surface area contributed by atoms with E-state index in [0.29, 0.717) is 11.5 Å². The monoisotopic (exact) mass is 363 g/mol. The fourth-order valence-corrected chi connectivity index (χ4v) is 2.87. The van der Waals surface area contributed by atoms with E-state index in [-0.39, 0.29) is 42.2 Å². The Bertz CT molecular complexity index is 543. The molecule has 2 rings (SSSR count). The van der Waals surface area contributed by atoms with Crippen molar-refractivity contribution >= 4 is 24.8 Å². The summed E-state index contributed by atoms with van der Waals surface area (Å²) >= 11 is 0. The highest BCUT2D eigenvalue weighted by atomic mass is 35.5. The van der Waals surface area contributed by atoms with Crippen molar-refractivity contribution < 1.29 is 9.50 Å². The van der Waals surface area contributed by atoms with Gasteiger partial charge in [0.2, 0.25) is 0 Å². The van der Waals surface area contributed by atoms with Crippen molar-refractivity contribution in [2.24, 2.45) is 5.92 Å². The number of aromatic hydroxyl groups is 1. The molecule has 1 saturated heterocycles. The Labute approximate surface area is 149 Å². The topological polar surface area (TPSA) is 59.3 Å². The maximum Gasteiger partial charge on any atom is 0.144 e. The number of nitriles is 1. The van der Waals surface area contributed by atoms with Gasteiger partial charge in [-0.1, -0.05) is 19.9 Å². The molecule has 1 aromatic rings. The first kappa shape index (κ1) is 21.9. The van der Waals surface area contributed by atoms with Crippen molar-refractivity contribution in [2.75, 3.05) is 26.2 Å². The summed E-state index contributed by atoms with van der Waals surface area (Å²) in [5.41, 5.74) is 0.403. The summed E-state index contributed by atoms with van der Waals surface area (Å²) in [6.07, 6.45) is 0.865. The number of benzene rings is 1. The van der Waals surface area contributed by atoms with Crippen LogP contribution in [0.1, 0.15) is 37.4 Å². The van der Waals surface area contributed by atoms with E-state index in [0.717, 1.165) is 32.6 Å². The maximum absolute atomic E-state index is 13.6. The van der Waals surface area contributed by atoms with Gasteiger partial charge in [0.25, 0.3) is 0 Å². The third-order valence-electron chi connectivity index (χ3n) is 3.92. The van der Waals surface area contributed by atoms with Crippen LogP contribution in [0, 0.1) is 23.1 Å². The molecule has 1 aromatic carbocycles. The molecule has 1 aliphatic heterocycles. The van der Waals surface area contributed by atoms with E-state index in [4.69, 9.17) is 5.26 Å². The fourth-order valence-electron chi connectivity index (χ4n) is 2.87. The number of nitrogens with one attached hydrogen (secondary N) is 1. The van der Waals surface area contributed by atoms with E-state index in [1.54, 1.807) is 12.1 Å². The smallest absolute Gasteiger partial charge is 0.144 e. The number of nitrogens with zero attached hydrogens (tertiary/aromatic N) is 2. The molecular formula is C16H24Cl2FN3O. The summed E-state index contributed by atoms with van der Waals surface area (Å²) < 4.78 is 13.6. The zero-order valence-corrected chi connectivity index (χ0v) is 15.0. The average Bonchev–Trinajstić information content (AvgIpc) is 2.47. The average molecular weight is 364 g/mol.